The fraction of sp³-hybridized carbons (Fsp3) is 0.562. The number of carbonyl (C=O) groups excluding carboxylic acids is 1. The average Bonchev–Trinajstić information content (AvgIpc) is 2.44. The Morgan fingerprint density at radius 2 is 1.77 bits per heavy atom. The predicted octanol–water partition coefficient (Wildman–Crippen LogP) is 1.78. The molecule has 0 spiro atoms. The van der Waals surface area contributed by atoms with Gasteiger partial charge >= 0.3 is 0 Å². The molecule has 0 aliphatic rings. The van der Waals surface area contributed by atoms with E-state index in [1.807, 2.05) is 24.3 Å². The number of amides is 1. The van der Waals surface area contributed by atoms with Crippen LogP contribution in [0, 0.1) is 5.92 Å². The van der Waals surface area contributed by atoms with Gasteiger partial charge in [-0.1, -0.05) is 38.1 Å². The molecule has 0 saturated heterocycles. The number of nitrogens with one attached hydrogen (secondary N) is 1. The minimum atomic E-state index is -3.60. The zero-order chi connectivity index (χ0) is 16.8. The van der Waals surface area contributed by atoms with Gasteiger partial charge in [-0.15, -0.1) is 0 Å². The highest BCUT2D eigenvalue weighted by atomic mass is 32.2. The summed E-state index contributed by atoms with van der Waals surface area (Å²) in [5.74, 6) is -0.580. The first-order valence-corrected chi connectivity index (χ1v) is 9.23. The summed E-state index contributed by atoms with van der Waals surface area (Å²) in [7, 11) is -3.60. The van der Waals surface area contributed by atoms with E-state index in [0.29, 0.717) is 12.3 Å². The molecule has 1 rings (SSSR count). The van der Waals surface area contributed by atoms with Gasteiger partial charge in [-0.05, 0) is 43.4 Å². The van der Waals surface area contributed by atoms with Gasteiger partial charge in [0, 0.05) is 0 Å². The van der Waals surface area contributed by atoms with Crippen LogP contribution in [0.4, 0.5) is 0 Å². The molecule has 22 heavy (non-hydrogen) atoms. The first kappa shape index (κ1) is 18.6. The largest absolute Gasteiger partial charge is 0.330 e. The van der Waals surface area contributed by atoms with Crippen molar-refractivity contribution in [1.82, 2.24) is 4.72 Å². The van der Waals surface area contributed by atoms with Gasteiger partial charge in [0.25, 0.3) is 0 Å². The van der Waals surface area contributed by atoms with Crippen molar-refractivity contribution in [1.29, 1.82) is 0 Å². The van der Waals surface area contributed by atoms with Crippen LogP contribution in [0.1, 0.15) is 44.2 Å². The molecule has 1 aromatic rings. The van der Waals surface area contributed by atoms with E-state index in [9.17, 15) is 13.2 Å². The number of carbonyl (C=O) groups is 1. The van der Waals surface area contributed by atoms with Crippen LogP contribution in [0.3, 0.4) is 0 Å². The zero-order valence-corrected chi connectivity index (χ0v) is 14.3. The lowest BCUT2D eigenvalue weighted by atomic mass is 9.96. The van der Waals surface area contributed by atoms with Gasteiger partial charge in [-0.25, -0.2) is 8.42 Å². The first-order valence-electron chi connectivity index (χ1n) is 7.58. The third kappa shape index (κ3) is 6.15. The molecule has 0 heterocycles. The van der Waals surface area contributed by atoms with E-state index in [0.717, 1.165) is 12.0 Å². The summed E-state index contributed by atoms with van der Waals surface area (Å²) < 4.78 is 25.6. The van der Waals surface area contributed by atoms with E-state index in [1.54, 1.807) is 6.92 Å². The Bertz CT molecular complexity index is 580. The third-order valence-corrected chi connectivity index (χ3v) is 4.73. The summed E-state index contributed by atoms with van der Waals surface area (Å²) in [6, 6.07) is 7.74. The van der Waals surface area contributed by atoms with Gasteiger partial charge < -0.3 is 5.73 Å². The standard InChI is InChI=1S/C16H26N2O3S/c1-12(2)11-14-5-7-15(8-6-14)13(3)16(19)18-22(20,21)10-4-9-17/h5-8,12-13H,4,9-11,17H2,1-3H3,(H,18,19)/t13-/m1/s1. The lowest BCUT2D eigenvalue weighted by Crippen LogP contribution is -2.35. The maximum absolute atomic E-state index is 12.1. The molecule has 0 aromatic heterocycles. The van der Waals surface area contributed by atoms with Crippen molar-refractivity contribution in [2.75, 3.05) is 12.3 Å². The maximum Gasteiger partial charge on any atom is 0.240 e. The molecule has 6 heteroatoms. The van der Waals surface area contributed by atoms with Crippen molar-refractivity contribution in [2.45, 2.75) is 39.5 Å². The molecule has 124 valence electrons. The van der Waals surface area contributed by atoms with E-state index in [4.69, 9.17) is 5.73 Å². The molecule has 0 saturated carbocycles. The van der Waals surface area contributed by atoms with Crippen molar-refractivity contribution in [3.8, 4) is 0 Å². The number of hydrogen-bond acceptors (Lipinski definition) is 4. The van der Waals surface area contributed by atoms with E-state index < -0.39 is 21.8 Å². The second-order valence-electron chi connectivity index (χ2n) is 5.99. The summed E-state index contributed by atoms with van der Waals surface area (Å²) in [5.41, 5.74) is 7.30. The Labute approximate surface area is 133 Å². The van der Waals surface area contributed by atoms with Crippen molar-refractivity contribution in [3.63, 3.8) is 0 Å². The molecule has 0 fully saturated rings. The Hall–Kier alpha value is -1.40. The van der Waals surface area contributed by atoms with Crippen LogP contribution in [-0.2, 0) is 21.2 Å². The SMILES string of the molecule is CC(C)Cc1ccc([C@@H](C)C(=O)NS(=O)(=O)CCCN)cc1. The fourth-order valence-electron chi connectivity index (χ4n) is 2.13. The third-order valence-electron chi connectivity index (χ3n) is 3.39. The average molecular weight is 326 g/mol. The minimum Gasteiger partial charge on any atom is -0.330 e. The molecule has 1 amide bonds. The molecule has 0 unspecified atom stereocenters. The summed E-state index contributed by atoms with van der Waals surface area (Å²) in [6.45, 7) is 6.28. The van der Waals surface area contributed by atoms with Crippen LogP contribution in [0.5, 0.6) is 0 Å². The molecule has 0 radical (unpaired) electrons. The summed E-state index contributed by atoms with van der Waals surface area (Å²) in [5, 5.41) is 0. The van der Waals surface area contributed by atoms with Crippen molar-refractivity contribution >= 4 is 15.9 Å². The predicted molar refractivity (Wildman–Crippen MR) is 89.0 cm³/mol. The van der Waals surface area contributed by atoms with Crippen LogP contribution in [0.25, 0.3) is 0 Å². The molecular weight excluding hydrogens is 300 g/mol. The van der Waals surface area contributed by atoms with Crippen molar-refractivity contribution < 1.29 is 13.2 Å². The number of sulfonamides is 1. The lowest BCUT2D eigenvalue weighted by molar-refractivity contribution is -0.120. The fourth-order valence-corrected chi connectivity index (χ4v) is 3.26. The molecule has 3 N–H and O–H groups in total. The number of benzene rings is 1. The Morgan fingerprint density at radius 3 is 2.27 bits per heavy atom. The summed E-state index contributed by atoms with van der Waals surface area (Å²) in [4.78, 5) is 12.1. The molecule has 1 aromatic carbocycles. The minimum absolute atomic E-state index is 0.130. The molecule has 0 aliphatic heterocycles. The van der Waals surface area contributed by atoms with Crippen LogP contribution in [0.15, 0.2) is 24.3 Å². The van der Waals surface area contributed by atoms with Gasteiger partial charge in [0.05, 0.1) is 11.7 Å². The van der Waals surface area contributed by atoms with Gasteiger partial charge in [-0.3, -0.25) is 9.52 Å². The topological polar surface area (TPSA) is 89.3 Å². The second kappa shape index (κ2) is 8.29. The molecular formula is C16H26N2O3S. The Morgan fingerprint density at radius 1 is 1.18 bits per heavy atom. The normalized spacial score (nSPS) is 13.1. The van der Waals surface area contributed by atoms with Crippen LogP contribution >= 0.6 is 0 Å². The second-order valence-corrected chi connectivity index (χ2v) is 7.83. The van der Waals surface area contributed by atoms with Crippen molar-refractivity contribution in [3.05, 3.63) is 35.4 Å². The lowest BCUT2D eigenvalue weighted by Gasteiger charge is -2.14. The highest BCUT2D eigenvalue weighted by Gasteiger charge is 2.20. The smallest absolute Gasteiger partial charge is 0.240 e. The monoisotopic (exact) mass is 326 g/mol. The van der Waals surface area contributed by atoms with Gasteiger partial charge in [0.2, 0.25) is 15.9 Å². The van der Waals surface area contributed by atoms with E-state index in [-0.39, 0.29) is 12.3 Å². The summed E-state index contributed by atoms with van der Waals surface area (Å²) >= 11 is 0. The van der Waals surface area contributed by atoms with E-state index in [1.165, 1.54) is 5.56 Å². The molecule has 1 atom stereocenters. The molecule has 0 aliphatic carbocycles. The number of rotatable bonds is 8. The highest BCUT2D eigenvalue weighted by Crippen LogP contribution is 2.18. The Balaban J connectivity index is 2.70. The van der Waals surface area contributed by atoms with Crippen LogP contribution < -0.4 is 10.5 Å². The van der Waals surface area contributed by atoms with Crippen molar-refractivity contribution in [2.24, 2.45) is 11.7 Å². The maximum atomic E-state index is 12.1. The highest BCUT2D eigenvalue weighted by molar-refractivity contribution is 7.90. The number of hydrogen-bond donors (Lipinski definition) is 2. The molecule has 5 nitrogen and oxygen atoms in total. The van der Waals surface area contributed by atoms with Gasteiger partial charge in [0.15, 0.2) is 0 Å². The zero-order valence-electron chi connectivity index (χ0n) is 13.5. The quantitative estimate of drug-likeness (QED) is 0.762. The summed E-state index contributed by atoms with van der Waals surface area (Å²) in [6.07, 6.45) is 1.31. The first-order chi connectivity index (χ1) is 10.2. The Kier molecular flexibility index (Phi) is 7.03. The number of nitrogens with two attached hydrogens (primary N) is 1. The van der Waals surface area contributed by atoms with E-state index >= 15 is 0 Å². The van der Waals surface area contributed by atoms with E-state index in [2.05, 4.69) is 18.6 Å². The molecule has 0 bridgehead atoms. The van der Waals surface area contributed by atoms with Crippen LogP contribution in [0.2, 0.25) is 0 Å². The van der Waals surface area contributed by atoms with Gasteiger partial charge in [-0.2, -0.15) is 0 Å². The van der Waals surface area contributed by atoms with Gasteiger partial charge in [0.1, 0.15) is 0 Å². The van der Waals surface area contributed by atoms with Crippen LogP contribution in [-0.4, -0.2) is 26.6 Å².